The topological polar surface area (TPSA) is 23.5 Å². The van der Waals surface area contributed by atoms with Crippen LogP contribution in [0.1, 0.15) is 39.0 Å². The quantitative estimate of drug-likeness (QED) is 0.760. The summed E-state index contributed by atoms with van der Waals surface area (Å²) in [5.41, 5.74) is 2.93. The summed E-state index contributed by atoms with van der Waals surface area (Å²) >= 11 is 0. The van der Waals surface area contributed by atoms with E-state index < -0.39 is 0 Å². The number of rotatable bonds is 3. The van der Waals surface area contributed by atoms with Crippen molar-refractivity contribution in [2.24, 2.45) is 5.92 Å². The van der Waals surface area contributed by atoms with Crippen LogP contribution in [-0.4, -0.2) is 35.7 Å². The molecule has 0 aromatic heterocycles. The molecule has 2 aliphatic rings. The number of nitrogens with zero attached hydrogens (tertiary/aromatic N) is 1. The molecule has 1 aliphatic heterocycles. The van der Waals surface area contributed by atoms with E-state index in [0.717, 1.165) is 32.5 Å². The number of allylic oxidation sites excluding steroid dienone is 2. The lowest BCUT2D eigenvalue weighted by Gasteiger charge is -2.32. The maximum atomic E-state index is 9.48. The fourth-order valence-corrected chi connectivity index (χ4v) is 2.84. The molecule has 0 unspecified atom stereocenters. The Balaban J connectivity index is 1.79. The highest BCUT2D eigenvalue weighted by molar-refractivity contribution is 5.13. The Morgan fingerprint density at radius 1 is 1.41 bits per heavy atom. The van der Waals surface area contributed by atoms with Crippen LogP contribution in [-0.2, 0) is 0 Å². The van der Waals surface area contributed by atoms with Gasteiger partial charge in [-0.25, -0.2) is 0 Å². The summed E-state index contributed by atoms with van der Waals surface area (Å²) < 4.78 is 0. The number of piperidine rings is 1. The molecule has 2 rings (SSSR count). The molecular weight excluding hydrogens is 210 g/mol. The van der Waals surface area contributed by atoms with Gasteiger partial charge >= 0.3 is 0 Å². The highest BCUT2D eigenvalue weighted by atomic mass is 16.3. The molecule has 1 N–H and O–H groups in total. The van der Waals surface area contributed by atoms with Gasteiger partial charge in [-0.05, 0) is 44.9 Å². The van der Waals surface area contributed by atoms with Gasteiger partial charge in [-0.1, -0.05) is 23.8 Å². The van der Waals surface area contributed by atoms with Gasteiger partial charge in [-0.3, -0.25) is 4.90 Å². The molecule has 0 amide bonds. The highest BCUT2D eigenvalue weighted by Gasteiger charge is 2.20. The number of hydrogen-bond acceptors (Lipinski definition) is 2. The second-order valence-corrected chi connectivity index (χ2v) is 5.69. The molecule has 1 fully saturated rings. The Kier molecular flexibility index (Phi) is 4.41. The molecule has 1 aliphatic carbocycles. The summed E-state index contributed by atoms with van der Waals surface area (Å²) in [4.78, 5) is 2.49. The van der Waals surface area contributed by atoms with Crippen LogP contribution in [0.15, 0.2) is 23.8 Å². The van der Waals surface area contributed by atoms with Crippen molar-refractivity contribution >= 4 is 0 Å². The second kappa shape index (κ2) is 5.83. The first kappa shape index (κ1) is 12.8. The van der Waals surface area contributed by atoms with E-state index in [9.17, 15) is 5.11 Å². The highest BCUT2D eigenvalue weighted by Crippen LogP contribution is 2.28. The molecule has 17 heavy (non-hydrogen) atoms. The van der Waals surface area contributed by atoms with Crippen molar-refractivity contribution in [1.82, 2.24) is 4.90 Å². The van der Waals surface area contributed by atoms with Gasteiger partial charge in [0.15, 0.2) is 0 Å². The Morgan fingerprint density at radius 2 is 2.12 bits per heavy atom. The fraction of sp³-hybridized carbons (Fsp3) is 0.733. The zero-order chi connectivity index (χ0) is 12.3. The molecule has 0 radical (unpaired) electrons. The minimum Gasteiger partial charge on any atom is -0.393 e. The number of likely N-dealkylation sites (tertiary alicyclic amines) is 1. The molecule has 0 saturated carbocycles. The lowest BCUT2D eigenvalue weighted by atomic mass is 9.85. The Morgan fingerprint density at radius 3 is 2.65 bits per heavy atom. The van der Waals surface area contributed by atoms with E-state index in [1.54, 1.807) is 5.57 Å². The van der Waals surface area contributed by atoms with Gasteiger partial charge in [0.25, 0.3) is 0 Å². The molecule has 1 heterocycles. The Hall–Kier alpha value is -0.600. The van der Waals surface area contributed by atoms with E-state index in [4.69, 9.17) is 0 Å². The molecule has 96 valence electrons. The van der Waals surface area contributed by atoms with E-state index in [0.29, 0.717) is 5.92 Å². The normalized spacial score (nSPS) is 27.9. The summed E-state index contributed by atoms with van der Waals surface area (Å²) in [5, 5.41) is 9.48. The van der Waals surface area contributed by atoms with Crippen molar-refractivity contribution in [2.75, 3.05) is 19.6 Å². The van der Waals surface area contributed by atoms with Crippen LogP contribution >= 0.6 is 0 Å². The van der Waals surface area contributed by atoms with Crippen LogP contribution in [0.4, 0.5) is 0 Å². The SMILES string of the molecule is C=C(C)[C@H]1CC=C(CN2CCC(O)CC2)CC1. The molecule has 0 aromatic rings. The van der Waals surface area contributed by atoms with Crippen LogP contribution in [0.2, 0.25) is 0 Å². The van der Waals surface area contributed by atoms with Gasteiger partial charge in [0, 0.05) is 19.6 Å². The number of aliphatic hydroxyl groups is 1. The van der Waals surface area contributed by atoms with Crippen LogP contribution in [0.3, 0.4) is 0 Å². The van der Waals surface area contributed by atoms with Gasteiger partial charge in [-0.15, -0.1) is 0 Å². The van der Waals surface area contributed by atoms with Crippen LogP contribution in [0.5, 0.6) is 0 Å². The van der Waals surface area contributed by atoms with Gasteiger partial charge < -0.3 is 5.11 Å². The van der Waals surface area contributed by atoms with E-state index >= 15 is 0 Å². The summed E-state index contributed by atoms with van der Waals surface area (Å²) in [5.74, 6) is 0.710. The minimum atomic E-state index is -0.0561. The lowest BCUT2D eigenvalue weighted by molar-refractivity contribution is 0.0863. The van der Waals surface area contributed by atoms with Crippen molar-refractivity contribution in [3.05, 3.63) is 23.8 Å². The first-order chi connectivity index (χ1) is 8.15. The van der Waals surface area contributed by atoms with Crippen molar-refractivity contribution in [3.63, 3.8) is 0 Å². The molecule has 2 nitrogen and oxygen atoms in total. The van der Waals surface area contributed by atoms with Gasteiger partial charge in [0.05, 0.1) is 6.10 Å². The van der Waals surface area contributed by atoms with E-state index in [-0.39, 0.29) is 6.10 Å². The smallest absolute Gasteiger partial charge is 0.0564 e. The molecule has 0 aromatic carbocycles. The van der Waals surface area contributed by atoms with Crippen LogP contribution in [0.25, 0.3) is 0 Å². The Labute approximate surface area is 105 Å². The number of aliphatic hydroxyl groups excluding tert-OH is 1. The number of hydrogen-bond donors (Lipinski definition) is 1. The summed E-state index contributed by atoms with van der Waals surface area (Å²) in [7, 11) is 0. The largest absolute Gasteiger partial charge is 0.393 e. The van der Waals surface area contributed by atoms with Crippen molar-refractivity contribution in [2.45, 2.75) is 45.1 Å². The predicted molar refractivity (Wildman–Crippen MR) is 71.9 cm³/mol. The Bertz CT molecular complexity index is 300. The third kappa shape index (κ3) is 3.68. The van der Waals surface area contributed by atoms with E-state index in [1.807, 2.05) is 0 Å². The molecule has 1 atom stereocenters. The zero-order valence-corrected chi connectivity index (χ0v) is 11.0. The summed E-state index contributed by atoms with van der Waals surface area (Å²) in [6, 6.07) is 0. The van der Waals surface area contributed by atoms with Crippen molar-refractivity contribution in [1.29, 1.82) is 0 Å². The molecule has 0 spiro atoms. The zero-order valence-electron chi connectivity index (χ0n) is 11.0. The maximum absolute atomic E-state index is 9.48. The predicted octanol–water partition coefficient (Wildman–Crippen LogP) is 2.75. The van der Waals surface area contributed by atoms with Crippen molar-refractivity contribution in [3.8, 4) is 0 Å². The second-order valence-electron chi connectivity index (χ2n) is 5.69. The average Bonchev–Trinajstić information content (AvgIpc) is 2.33. The summed E-state index contributed by atoms with van der Waals surface area (Å²) in [6.45, 7) is 9.45. The fourth-order valence-electron chi connectivity index (χ4n) is 2.84. The maximum Gasteiger partial charge on any atom is 0.0564 e. The standard InChI is InChI=1S/C15H25NO/c1-12(2)14-5-3-13(4-6-14)11-16-9-7-15(17)8-10-16/h3,14-15,17H,1,4-11H2,2H3/t14-/m0/s1. The van der Waals surface area contributed by atoms with E-state index in [1.165, 1.54) is 24.8 Å². The van der Waals surface area contributed by atoms with Gasteiger partial charge in [0.1, 0.15) is 0 Å². The van der Waals surface area contributed by atoms with Gasteiger partial charge in [0.2, 0.25) is 0 Å². The van der Waals surface area contributed by atoms with E-state index in [2.05, 4.69) is 24.5 Å². The molecular formula is C15H25NO. The third-order valence-electron chi connectivity index (χ3n) is 4.19. The average molecular weight is 235 g/mol. The first-order valence-electron chi connectivity index (χ1n) is 6.89. The monoisotopic (exact) mass is 235 g/mol. The van der Waals surface area contributed by atoms with Gasteiger partial charge in [-0.2, -0.15) is 0 Å². The molecule has 0 bridgehead atoms. The molecule has 2 heteroatoms. The minimum absolute atomic E-state index is 0.0561. The summed E-state index contributed by atoms with van der Waals surface area (Å²) in [6.07, 6.45) is 7.95. The third-order valence-corrected chi connectivity index (χ3v) is 4.19. The molecule has 1 saturated heterocycles. The first-order valence-corrected chi connectivity index (χ1v) is 6.89. The van der Waals surface area contributed by atoms with Crippen molar-refractivity contribution < 1.29 is 5.11 Å². The van der Waals surface area contributed by atoms with Crippen LogP contribution in [0, 0.1) is 5.92 Å². The van der Waals surface area contributed by atoms with Crippen LogP contribution < -0.4 is 0 Å². The lowest BCUT2D eigenvalue weighted by Crippen LogP contribution is -2.37.